The molecule has 1 saturated heterocycles. The third-order valence-corrected chi connectivity index (χ3v) is 4.46. The number of amides is 2. The van der Waals surface area contributed by atoms with E-state index in [0.29, 0.717) is 24.0 Å². The first-order valence-corrected chi connectivity index (χ1v) is 8.44. The van der Waals surface area contributed by atoms with Crippen molar-refractivity contribution in [2.75, 3.05) is 40.3 Å². The molecule has 2 unspecified atom stereocenters. The van der Waals surface area contributed by atoms with E-state index in [1.165, 1.54) is 12.8 Å². The van der Waals surface area contributed by atoms with Crippen LogP contribution >= 0.6 is 11.6 Å². The molecule has 1 aromatic rings. The molecule has 6 heteroatoms. The van der Waals surface area contributed by atoms with Crippen molar-refractivity contribution in [3.05, 3.63) is 34.9 Å². The zero-order valence-corrected chi connectivity index (χ0v) is 14.6. The van der Waals surface area contributed by atoms with Gasteiger partial charge in [-0.1, -0.05) is 23.7 Å². The molecule has 2 amide bonds. The molecule has 0 radical (unpaired) electrons. The molecule has 5 nitrogen and oxygen atoms in total. The van der Waals surface area contributed by atoms with Crippen molar-refractivity contribution in [1.29, 1.82) is 0 Å². The summed E-state index contributed by atoms with van der Waals surface area (Å²) in [6.45, 7) is 3.32. The molecule has 0 aromatic heterocycles. The molecule has 1 aliphatic rings. The number of nitrogens with one attached hydrogen (secondary N) is 2. The summed E-state index contributed by atoms with van der Waals surface area (Å²) in [5, 5.41) is 6.49. The number of urea groups is 1. The summed E-state index contributed by atoms with van der Waals surface area (Å²) >= 11 is 6.00. The largest absolute Gasteiger partial charge is 0.375 e. The van der Waals surface area contributed by atoms with E-state index in [2.05, 4.69) is 22.6 Å². The van der Waals surface area contributed by atoms with Crippen LogP contribution in [0.3, 0.4) is 0 Å². The molecule has 0 aliphatic carbocycles. The first-order valence-electron chi connectivity index (χ1n) is 8.07. The van der Waals surface area contributed by atoms with Crippen LogP contribution in [0.4, 0.5) is 4.79 Å². The minimum absolute atomic E-state index is 0.151. The van der Waals surface area contributed by atoms with E-state index >= 15 is 0 Å². The Morgan fingerprint density at radius 2 is 2.30 bits per heavy atom. The van der Waals surface area contributed by atoms with Gasteiger partial charge >= 0.3 is 6.03 Å². The Morgan fingerprint density at radius 3 is 3.00 bits per heavy atom. The standard InChI is InChI=1S/C17H26ClN3O2/c1-21-8-4-5-13(12-21)10-19-17(22)20-11-16(23-2)14-6-3-7-15(18)9-14/h3,6-7,9,13,16H,4-5,8,10-12H2,1-2H3,(H2,19,20,22). The first kappa shape index (κ1) is 18.0. The third kappa shape index (κ3) is 6.01. The molecule has 128 valence electrons. The van der Waals surface area contributed by atoms with Crippen LogP contribution in [-0.4, -0.2) is 51.3 Å². The number of ether oxygens (including phenoxy) is 1. The molecule has 1 fully saturated rings. The van der Waals surface area contributed by atoms with Gasteiger partial charge < -0.3 is 20.3 Å². The van der Waals surface area contributed by atoms with Gasteiger partial charge in [0, 0.05) is 31.8 Å². The second kappa shape index (κ2) is 9.11. The van der Waals surface area contributed by atoms with Crippen LogP contribution in [0.5, 0.6) is 0 Å². The first-order chi connectivity index (χ1) is 11.1. The van der Waals surface area contributed by atoms with Gasteiger partial charge in [0.1, 0.15) is 0 Å². The molecule has 2 rings (SSSR count). The number of nitrogens with zero attached hydrogens (tertiary/aromatic N) is 1. The lowest BCUT2D eigenvalue weighted by atomic mass is 9.99. The molecule has 0 bridgehead atoms. The average molecular weight is 340 g/mol. The maximum Gasteiger partial charge on any atom is 0.314 e. The highest BCUT2D eigenvalue weighted by atomic mass is 35.5. The fourth-order valence-electron chi connectivity index (χ4n) is 2.97. The number of methoxy groups -OCH3 is 1. The lowest BCUT2D eigenvalue weighted by Gasteiger charge is -2.29. The zero-order valence-electron chi connectivity index (χ0n) is 13.8. The number of carbonyl (C=O) groups is 1. The van der Waals surface area contributed by atoms with Gasteiger partial charge in [0.2, 0.25) is 0 Å². The number of rotatable bonds is 6. The zero-order chi connectivity index (χ0) is 16.7. The fourth-order valence-corrected chi connectivity index (χ4v) is 3.17. The van der Waals surface area contributed by atoms with E-state index in [1.54, 1.807) is 7.11 Å². The maximum absolute atomic E-state index is 12.0. The van der Waals surface area contributed by atoms with Crippen LogP contribution in [0, 0.1) is 5.92 Å². The SMILES string of the molecule is COC(CNC(=O)NCC1CCCN(C)C1)c1cccc(Cl)c1. The minimum atomic E-state index is -0.208. The van der Waals surface area contributed by atoms with Crippen molar-refractivity contribution >= 4 is 17.6 Å². The number of carbonyl (C=O) groups excluding carboxylic acids is 1. The summed E-state index contributed by atoms with van der Waals surface area (Å²) in [7, 11) is 3.75. The van der Waals surface area contributed by atoms with Crippen LogP contribution in [0.1, 0.15) is 24.5 Å². The van der Waals surface area contributed by atoms with Gasteiger partial charge in [-0.05, 0) is 50.0 Å². The fraction of sp³-hybridized carbons (Fsp3) is 0.588. The maximum atomic E-state index is 12.0. The van der Waals surface area contributed by atoms with Crippen LogP contribution in [-0.2, 0) is 4.74 Å². The highest BCUT2D eigenvalue weighted by Crippen LogP contribution is 2.19. The van der Waals surface area contributed by atoms with Crippen LogP contribution in [0.25, 0.3) is 0 Å². The van der Waals surface area contributed by atoms with Gasteiger partial charge in [0.05, 0.1) is 6.10 Å². The number of hydrogen-bond acceptors (Lipinski definition) is 3. The lowest BCUT2D eigenvalue weighted by molar-refractivity contribution is 0.104. The van der Waals surface area contributed by atoms with E-state index in [0.717, 1.165) is 18.7 Å². The summed E-state index contributed by atoms with van der Waals surface area (Å²) in [5.74, 6) is 0.533. The van der Waals surface area contributed by atoms with Gasteiger partial charge in [0.25, 0.3) is 0 Å². The topological polar surface area (TPSA) is 53.6 Å². The number of benzene rings is 1. The van der Waals surface area contributed by atoms with Crippen LogP contribution in [0.2, 0.25) is 5.02 Å². The Morgan fingerprint density at radius 1 is 1.48 bits per heavy atom. The van der Waals surface area contributed by atoms with Gasteiger partial charge in [-0.15, -0.1) is 0 Å². The predicted molar refractivity (Wildman–Crippen MR) is 92.8 cm³/mol. The Bertz CT molecular complexity index is 512. The van der Waals surface area contributed by atoms with Crippen molar-refractivity contribution in [3.8, 4) is 0 Å². The van der Waals surface area contributed by atoms with Crippen molar-refractivity contribution in [1.82, 2.24) is 15.5 Å². The molecule has 0 spiro atoms. The number of likely N-dealkylation sites (tertiary alicyclic amines) is 1. The molecule has 2 N–H and O–H groups in total. The molecule has 1 aliphatic heterocycles. The van der Waals surface area contributed by atoms with Crippen molar-refractivity contribution in [3.63, 3.8) is 0 Å². The predicted octanol–water partition coefficient (Wildman–Crippen LogP) is 2.67. The second-order valence-electron chi connectivity index (χ2n) is 6.14. The van der Waals surface area contributed by atoms with Crippen molar-refractivity contribution < 1.29 is 9.53 Å². The minimum Gasteiger partial charge on any atom is -0.375 e. The molecule has 1 aromatic carbocycles. The van der Waals surface area contributed by atoms with E-state index in [4.69, 9.17) is 16.3 Å². The number of hydrogen-bond donors (Lipinski definition) is 2. The van der Waals surface area contributed by atoms with Crippen molar-refractivity contribution in [2.24, 2.45) is 5.92 Å². The molecular weight excluding hydrogens is 314 g/mol. The van der Waals surface area contributed by atoms with Gasteiger partial charge in [-0.2, -0.15) is 0 Å². The summed E-state index contributed by atoms with van der Waals surface area (Å²) in [5.41, 5.74) is 0.953. The quantitative estimate of drug-likeness (QED) is 0.837. The van der Waals surface area contributed by atoms with Crippen molar-refractivity contribution in [2.45, 2.75) is 18.9 Å². The van der Waals surface area contributed by atoms with Gasteiger partial charge in [0.15, 0.2) is 0 Å². The normalized spacial score (nSPS) is 20.0. The van der Waals surface area contributed by atoms with Gasteiger partial charge in [-0.25, -0.2) is 4.79 Å². The third-order valence-electron chi connectivity index (χ3n) is 4.23. The van der Waals surface area contributed by atoms with Crippen LogP contribution < -0.4 is 10.6 Å². The number of piperidine rings is 1. The molecule has 2 atom stereocenters. The number of halogens is 1. The summed E-state index contributed by atoms with van der Waals surface area (Å²) < 4.78 is 5.44. The highest BCUT2D eigenvalue weighted by Gasteiger charge is 2.18. The summed E-state index contributed by atoms with van der Waals surface area (Å²) in [4.78, 5) is 14.3. The summed E-state index contributed by atoms with van der Waals surface area (Å²) in [6.07, 6.45) is 2.17. The monoisotopic (exact) mass is 339 g/mol. The van der Waals surface area contributed by atoms with E-state index in [9.17, 15) is 4.79 Å². The van der Waals surface area contributed by atoms with Crippen LogP contribution in [0.15, 0.2) is 24.3 Å². The van der Waals surface area contributed by atoms with Gasteiger partial charge in [-0.3, -0.25) is 0 Å². The van der Waals surface area contributed by atoms with E-state index in [-0.39, 0.29) is 12.1 Å². The average Bonchev–Trinajstić information content (AvgIpc) is 2.54. The summed E-state index contributed by atoms with van der Waals surface area (Å²) in [6, 6.07) is 7.34. The van der Waals surface area contributed by atoms with E-state index in [1.807, 2.05) is 24.3 Å². The molecule has 1 heterocycles. The second-order valence-corrected chi connectivity index (χ2v) is 6.58. The van der Waals surface area contributed by atoms with E-state index < -0.39 is 0 Å². The molecule has 0 saturated carbocycles. The Balaban J connectivity index is 1.74. The lowest BCUT2D eigenvalue weighted by Crippen LogP contribution is -2.43. The Labute approximate surface area is 143 Å². The Kier molecular flexibility index (Phi) is 7.15. The highest BCUT2D eigenvalue weighted by molar-refractivity contribution is 6.30. The molecular formula is C17H26ClN3O2. The smallest absolute Gasteiger partial charge is 0.314 e. The Hall–Kier alpha value is -1.30. The molecule has 23 heavy (non-hydrogen) atoms.